The van der Waals surface area contributed by atoms with Crippen molar-refractivity contribution < 1.29 is 27.4 Å². The van der Waals surface area contributed by atoms with E-state index >= 15 is 0 Å². The zero-order chi connectivity index (χ0) is 16.9. The van der Waals surface area contributed by atoms with Crippen molar-refractivity contribution in [1.29, 1.82) is 0 Å². The first-order chi connectivity index (χ1) is 10.9. The predicted molar refractivity (Wildman–Crippen MR) is 76.9 cm³/mol. The highest BCUT2D eigenvalue weighted by Crippen LogP contribution is 2.30. The summed E-state index contributed by atoms with van der Waals surface area (Å²) in [5.41, 5.74) is 0.827. The molecule has 1 saturated heterocycles. The lowest BCUT2D eigenvalue weighted by Gasteiger charge is -2.35. The van der Waals surface area contributed by atoms with Gasteiger partial charge in [-0.2, -0.15) is 17.6 Å². The number of hydrogen-bond acceptors (Lipinski definition) is 4. The average Bonchev–Trinajstić information content (AvgIpc) is 2.54. The molecule has 1 atom stereocenters. The molecule has 8 heteroatoms. The molecule has 0 bridgehead atoms. The summed E-state index contributed by atoms with van der Waals surface area (Å²) in [6.45, 7) is 3.29. The van der Waals surface area contributed by atoms with Gasteiger partial charge in [0.1, 0.15) is 5.75 Å². The number of alkyl halides is 4. The van der Waals surface area contributed by atoms with Crippen LogP contribution in [-0.2, 0) is 0 Å². The molecule has 1 aromatic carbocycles. The third kappa shape index (κ3) is 4.79. The molecule has 0 spiro atoms. The fraction of sp³-hybridized carbons (Fsp3) is 0.600. The van der Waals surface area contributed by atoms with E-state index in [9.17, 15) is 22.7 Å². The number of piperazine rings is 1. The third-order valence-electron chi connectivity index (χ3n) is 3.77. The molecule has 1 aliphatic rings. The highest BCUT2D eigenvalue weighted by molar-refractivity contribution is 5.29. The molecular formula is C15H20F4N2O2. The molecule has 0 aromatic heterocycles. The lowest BCUT2D eigenvalue weighted by Crippen LogP contribution is -2.45. The largest absolute Gasteiger partial charge is 0.461 e. The number of halogens is 4. The Labute approximate surface area is 132 Å². The zero-order valence-electron chi connectivity index (χ0n) is 12.5. The Kier molecular flexibility index (Phi) is 6.20. The standard InChI is InChI=1S/C15H20F4N2O2/c16-14(17)15(18,19)23-12-3-1-11(2-4-12)13(5-10-22)21-8-6-20-7-9-21/h1-4,13-14,20,22H,5-10H2/t13-/m0/s1. The number of ether oxygens (including phenoxy) is 1. The van der Waals surface area contributed by atoms with Crippen LogP contribution in [0.2, 0.25) is 0 Å². The van der Waals surface area contributed by atoms with Gasteiger partial charge in [-0.25, -0.2) is 0 Å². The van der Waals surface area contributed by atoms with Gasteiger partial charge in [-0.05, 0) is 24.1 Å². The monoisotopic (exact) mass is 336 g/mol. The Bertz CT molecular complexity index is 479. The minimum atomic E-state index is -4.51. The number of aliphatic hydroxyl groups excluding tert-OH is 1. The Hall–Kier alpha value is -1.38. The van der Waals surface area contributed by atoms with Crippen LogP contribution in [0.3, 0.4) is 0 Å². The minimum Gasteiger partial charge on any atom is -0.428 e. The molecular weight excluding hydrogens is 316 g/mol. The van der Waals surface area contributed by atoms with Gasteiger partial charge in [0, 0.05) is 38.8 Å². The van der Waals surface area contributed by atoms with Crippen molar-refractivity contribution in [3.8, 4) is 5.75 Å². The minimum absolute atomic E-state index is 0.00367. The molecule has 23 heavy (non-hydrogen) atoms. The van der Waals surface area contributed by atoms with E-state index in [1.54, 1.807) is 12.1 Å². The lowest BCUT2D eigenvalue weighted by molar-refractivity contribution is -0.253. The van der Waals surface area contributed by atoms with Crippen molar-refractivity contribution in [1.82, 2.24) is 10.2 Å². The second kappa shape index (κ2) is 7.94. The fourth-order valence-electron chi connectivity index (χ4n) is 2.64. The van der Waals surface area contributed by atoms with E-state index in [2.05, 4.69) is 15.0 Å². The summed E-state index contributed by atoms with van der Waals surface area (Å²) in [7, 11) is 0. The molecule has 0 amide bonds. The summed E-state index contributed by atoms with van der Waals surface area (Å²) < 4.78 is 54.1. The molecule has 4 nitrogen and oxygen atoms in total. The van der Waals surface area contributed by atoms with Crippen LogP contribution in [0, 0.1) is 0 Å². The number of nitrogens with zero attached hydrogens (tertiary/aromatic N) is 1. The molecule has 1 fully saturated rings. The highest BCUT2D eigenvalue weighted by atomic mass is 19.3. The summed E-state index contributed by atoms with van der Waals surface area (Å²) >= 11 is 0. The summed E-state index contributed by atoms with van der Waals surface area (Å²) in [5.74, 6) is -0.317. The van der Waals surface area contributed by atoms with E-state index in [0.29, 0.717) is 6.42 Å². The van der Waals surface area contributed by atoms with E-state index in [-0.39, 0.29) is 18.4 Å². The molecule has 1 heterocycles. The maximum absolute atomic E-state index is 12.9. The first kappa shape index (κ1) is 18.0. The smallest absolute Gasteiger partial charge is 0.428 e. The molecule has 0 saturated carbocycles. The SMILES string of the molecule is OCC[C@@H](c1ccc(OC(F)(F)C(F)F)cc1)N1CCNCC1. The summed E-state index contributed by atoms with van der Waals surface area (Å²) in [6.07, 6.45) is -7.89. The Morgan fingerprint density at radius 1 is 1.17 bits per heavy atom. The van der Waals surface area contributed by atoms with Crippen LogP contribution in [0.15, 0.2) is 24.3 Å². The van der Waals surface area contributed by atoms with Gasteiger partial charge >= 0.3 is 12.5 Å². The lowest BCUT2D eigenvalue weighted by atomic mass is 10.0. The molecule has 0 unspecified atom stereocenters. The Morgan fingerprint density at radius 2 is 1.78 bits per heavy atom. The normalized spacial score (nSPS) is 18.2. The predicted octanol–water partition coefficient (Wildman–Crippen LogP) is 2.25. The number of hydrogen-bond donors (Lipinski definition) is 2. The third-order valence-corrected chi connectivity index (χ3v) is 3.77. The molecule has 130 valence electrons. The molecule has 1 aromatic rings. The van der Waals surface area contributed by atoms with Crippen molar-refractivity contribution in [3.63, 3.8) is 0 Å². The van der Waals surface area contributed by atoms with E-state index in [0.717, 1.165) is 31.7 Å². The first-order valence-corrected chi connectivity index (χ1v) is 7.44. The van der Waals surface area contributed by atoms with Gasteiger partial charge in [-0.3, -0.25) is 4.90 Å². The van der Waals surface area contributed by atoms with E-state index in [1.807, 2.05) is 0 Å². The molecule has 0 aliphatic carbocycles. The number of benzene rings is 1. The second-order valence-corrected chi connectivity index (χ2v) is 5.35. The molecule has 0 radical (unpaired) electrons. The van der Waals surface area contributed by atoms with Gasteiger partial charge in [0.25, 0.3) is 0 Å². The number of rotatable bonds is 7. The topological polar surface area (TPSA) is 44.7 Å². The maximum Gasteiger partial charge on any atom is 0.461 e. The van der Waals surface area contributed by atoms with Gasteiger partial charge in [0.05, 0.1) is 0 Å². The van der Waals surface area contributed by atoms with Crippen LogP contribution in [0.1, 0.15) is 18.0 Å². The van der Waals surface area contributed by atoms with Crippen LogP contribution in [0.5, 0.6) is 5.75 Å². The van der Waals surface area contributed by atoms with Gasteiger partial charge in [0.15, 0.2) is 0 Å². The van der Waals surface area contributed by atoms with Gasteiger partial charge in [0.2, 0.25) is 0 Å². The number of aliphatic hydroxyl groups is 1. The van der Waals surface area contributed by atoms with Crippen LogP contribution >= 0.6 is 0 Å². The summed E-state index contributed by atoms with van der Waals surface area (Å²) in [5, 5.41) is 12.5. The van der Waals surface area contributed by atoms with Crippen LogP contribution < -0.4 is 10.1 Å². The van der Waals surface area contributed by atoms with E-state index in [4.69, 9.17) is 0 Å². The van der Waals surface area contributed by atoms with Crippen molar-refractivity contribution >= 4 is 0 Å². The van der Waals surface area contributed by atoms with E-state index in [1.165, 1.54) is 12.1 Å². The van der Waals surface area contributed by atoms with Crippen molar-refractivity contribution in [2.45, 2.75) is 25.0 Å². The average molecular weight is 336 g/mol. The highest BCUT2D eigenvalue weighted by Gasteiger charge is 2.43. The van der Waals surface area contributed by atoms with Gasteiger partial charge in [-0.15, -0.1) is 0 Å². The van der Waals surface area contributed by atoms with Crippen LogP contribution in [0.4, 0.5) is 17.6 Å². The summed E-state index contributed by atoms with van der Waals surface area (Å²) in [4.78, 5) is 2.19. The zero-order valence-corrected chi connectivity index (χ0v) is 12.5. The fourth-order valence-corrected chi connectivity index (χ4v) is 2.64. The Balaban J connectivity index is 2.09. The van der Waals surface area contributed by atoms with Gasteiger partial charge < -0.3 is 15.2 Å². The van der Waals surface area contributed by atoms with Gasteiger partial charge in [-0.1, -0.05) is 12.1 Å². The quantitative estimate of drug-likeness (QED) is 0.750. The first-order valence-electron chi connectivity index (χ1n) is 7.44. The molecule has 1 aliphatic heterocycles. The van der Waals surface area contributed by atoms with Crippen molar-refractivity contribution in [2.24, 2.45) is 0 Å². The van der Waals surface area contributed by atoms with E-state index < -0.39 is 12.5 Å². The second-order valence-electron chi connectivity index (χ2n) is 5.35. The number of nitrogens with one attached hydrogen (secondary N) is 1. The van der Waals surface area contributed by atoms with Crippen LogP contribution in [-0.4, -0.2) is 55.3 Å². The Morgan fingerprint density at radius 3 is 2.30 bits per heavy atom. The van der Waals surface area contributed by atoms with Crippen LogP contribution in [0.25, 0.3) is 0 Å². The maximum atomic E-state index is 12.9. The van der Waals surface area contributed by atoms with Crippen molar-refractivity contribution in [2.75, 3.05) is 32.8 Å². The summed E-state index contributed by atoms with van der Waals surface area (Å²) in [6, 6.07) is 5.58. The molecule has 2 N–H and O–H groups in total. The van der Waals surface area contributed by atoms with Crippen molar-refractivity contribution in [3.05, 3.63) is 29.8 Å². The molecule has 2 rings (SSSR count).